The van der Waals surface area contributed by atoms with Crippen molar-refractivity contribution in [1.82, 2.24) is 9.97 Å². The number of amidine groups is 2. The van der Waals surface area contributed by atoms with E-state index in [-0.39, 0.29) is 17.1 Å². The molecule has 0 amide bonds. The van der Waals surface area contributed by atoms with E-state index in [2.05, 4.69) is 20.0 Å². The molecule has 1 heterocycles. The Bertz CT molecular complexity index is 368. The number of halogens is 1. The highest BCUT2D eigenvalue weighted by molar-refractivity contribution is 6.65. The summed E-state index contributed by atoms with van der Waals surface area (Å²) in [7, 11) is 0. The Morgan fingerprint density at radius 3 is 2.53 bits per heavy atom. The maximum Gasteiger partial charge on any atom is 0.251 e. The second-order valence-electron chi connectivity index (χ2n) is 2.74. The predicted molar refractivity (Wildman–Crippen MR) is 60.3 cm³/mol. The van der Waals surface area contributed by atoms with E-state index in [1.54, 1.807) is 25.4 Å². The molecule has 80 valence electrons. The lowest BCUT2D eigenvalue weighted by atomic mass is 10.3. The highest BCUT2D eigenvalue weighted by Gasteiger charge is 2.05. The van der Waals surface area contributed by atoms with Gasteiger partial charge in [0.1, 0.15) is 0 Å². The fourth-order valence-electron chi connectivity index (χ4n) is 0.789. The van der Waals surface area contributed by atoms with Crippen LogP contribution in [0.4, 0.5) is 5.95 Å². The minimum Gasteiger partial charge on any atom is -0.374 e. The van der Waals surface area contributed by atoms with Gasteiger partial charge in [-0.05, 0) is 24.6 Å². The molecule has 6 nitrogen and oxygen atoms in total. The zero-order valence-corrected chi connectivity index (χ0v) is 8.89. The normalized spacial score (nSPS) is 15.1. The smallest absolute Gasteiger partial charge is 0.251 e. The fourth-order valence-corrected chi connectivity index (χ4v) is 0.876. The van der Waals surface area contributed by atoms with Gasteiger partial charge in [-0.25, -0.2) is 15.0 Å². The van der Waals surface area contributed by atoms with Crippen LogP contribution in [0.15, 0.2) is 28.4 Å². The van der Waals surface area contributed by atoms with Crippen LogP contribution in [-0.2, 0) is 0 Å². The van der Waals surface area contributed by atoms with E-state index >= 15 is 0 Å². The predicted octanol–water partition coefficient (Wildman–Crippen LogP) is 0.407. The molecule has 1 atom stereocenters. The van der Waals surface area contributed by atoms with Gasteiger partial charge in [0, 0.05) is 12.4 Å². The maximum atomic E-state index is 5.63. The Labute approximate surface area is 92.1 Å². The summed E-state index contributed by atoms with van der Waals surface area (Å²) < 4.78 is 0. The number of aliphatic imine (C=N–C) groups is 2. The zero-order chi connectivity index (χ0) is 11.3. The topological polar surface area (TPSA) is 103 Å². The van der Waals surface area contributed by atoms with Gasteiger partial charge < -0.3 is 11.5 Å². The maximum absolute atomic E-state index is 5.63. The number of nitrogens with two attached hydrogens (primary N) is 2. The van der Waals surface area contributed by atoms with Crippen LogP contribution in [0.25, 0.3) is 0 Å². The molecule has 1 aromatic heterocycles. The molecule has 0 fully saturated rings. The van der Waals surface area contributed by atoms with Crippen molar-refractivity contribution in [3.63, 3.8) is 0 Å². The average Bonchev–Trinajstić information content (AvgIpc) is 2.17. The standard InChI is InChI=1S/C8H11ClN6/c1-5(10)6(14-7(9)11)15-8-12-3-2-4-13-8/h2-5H,10H2,1H3,(H2,11,12,13,14,15). The Hall–Kier alpha value is -1.53. The van der Waals surface area contributed by atoms with Crippen molar-refractivity contribution in [2.24, 2.45) is 21.5 Å². The second-order valence-corrected chi connectivity index (χ2v) is 3.13. The number of hydrogen-bond acceptors (Lipinski definition) is 4. The molecular weight excluding hydrogens is 216 g/mol. The second kappa shape index (κ2) is 5.38. The lowest BCUT2D eigenvalue weighted by Gasteiger charge is -2.03. The number of rotatable bonds is 2. The van der Waals surface area contributed by atoms with E-state index in [4.69, 9.17) is 23.1 Å². The highest BCUT2D eigenvalue weighted by atomic mass is 35.5. The largest absolute Gasteiger partial charge is 0.374 e. The third-order valence-corrected chi connectivity index (χ3v) is 1.48. The van der Waals surface area contributed by atoms with Crippen molar-refractivity contribution < 1.29 is 0 Å². The van der Waals surface area contributed by atoms with E-state index in [0.717, 1.165) is 0 Å². The van der Waals surface area contributed by atoms with Gasteiger partial charge in [-0.2, -0.15) is 4.99 Å². The molecule has 0 saturated carbocycles. The molecule has 0 aromatic carbocycles. The molecule has 0 aliphatic heterocycles. The van der Waals surface area contributed by atoms with Gasteiger partial charge in [-0.1, -0.05) is 0 Å². The molecule has 15 heavy (non-hydrogen) atoms. The van der Waals surface area contributed by atoms with Crippen molar-refractivity contribution in [3.8, 4) is 0 Å². The third-order valence-electron chi connectivity index (χ3n) is 1.40. The van der Waals surface area contributed by atoms with Gasteiger partial charge in [-0.15, -0.1) is 0 Å². The minimum absolute atomic E-state index is 0.123. The molecule has 7 heteroatoms. The summed E-state index contributed by atoms with van der Waals surface area (Å²) in [4.78, 5) is 15.6. The number of nitrogens with zero attached hydrogens (tertiary/aromatic N) is 4. The van der Waals surface area contributed by atoms with Crippen molar-refractivity contribution in [2.75, 3.05) is 0 Å². The average molecular weight is 227 g/mol. The summed E-state index contributed by atoms with van der Waals surface area (Å²) >= 11 is 5.43. The van der Waals surface area contributed by atoms with Crippen LogP contribution < -0.4 is 11.5 Å². The first-order valence-corrected chi connectivity index (χ1v) is 4.58. The first kappa shape index (κ1) is 11.5. The zero-order valence-electron chi connectivity index (χ0n) is 8.13. The highest BCUT2D eigenvalue weighted by Crippen LogP contribution is 2.03. The summed E-state index contributed by atoms with van der Waals surface area (Å²) in [5.74, 6) is 0.556. The fraction of sp³-hybridized carbons (Fsp3) is 0.250. The Balaban J connectivity index is 3.00. The summed E-state index contributed by atoms with van der Waals surface area (Å²) in [5.41, 5.74) is 10.8. The molecule has 1 aromatic rings. The minimum atomic E-state index is -0.397. The number of hydrogen-bond donors (Lipinski definition) is 2. The van der Waals surface area contributed by atoms with E-state index in [0.29, 0.717) is 0 Å². The van der Waals surface area contributed by atoms with E-state index < -0.39 is 6.04 Å². The van der Waals surface area contributed by atoms with Crippen molar-refractivity contribution in [3.05, 3.63) is 18.5 Å². The van der Waals surface area contributed by atoms with Crippen molar-refractivity contribution in [2.45, 2.75) is 13.0 Å². The summed E-state index contributed by atoms with van der Waals surface area (Å²) in [5, 5.41) is -0.123. The van der Waals surface area contributed by atoms with Gasteiger partial charge >= 0.3 is 0 Å². The van der Waals surface area contributed by atoms with Crippen LogP contribution in [0.1, 0.15) is 6.92 Å². The quantitative estimate of drug-likeness (QED) is 0.433. The van der Waals surface area contributed by atoms with Crippen molar-refractivity contribution in [1.29, 1.82) is 0 Å². The summed E-state index contributed by atoms with van der Waals surface area (Å²) in [6.07, 6.45) is 3.14. The SMILES string of the molecule is CC(N)C(N=C(N)Cl)=Nc1ncccn1. The molecule has 0 radical (unpaired) electrons. The van der Waals surface area contributed by atoms with Crippen LogP contribution in [0, 0.1) is 0 Å². The first-order chi connectivity index (χ1) is 7.09. The summed E-state index contributed by atoms with van der Waals surface area (Å²) in [6.45, 7) is 1.71. The Kier molecular flexibility index (Phi) is 4.14. The van der Waals surface area contributed by atoms with Crippen LogP contribution >= 0.6 is 11.6 Å². The van der Waals surface area contributed by atoms with E-state index in [1.807, 2.05) is 0 Å². The molecular formula is C8H11ClN6. The van der Waals surface area contributed by atoms with Gasteiger partial charge in [0.2, 0.25) is 0 Å². The first-order valence-electron chi connectivity index (χ1n) is 4.20. The van der Waals surface area contributed by atoms with Gasteiger partial charge in [0.15, 0.2) is 11.1 Å². The van der Waals surface area contributed by atoms with Crippen LogP contribution in [-0.4, -0.2) is 27.1 Å². The Morgan fingerprint density at radius 2 is 2.07 bits per heavy atom. The third kappa shape index (κ3) is 4.01. The lowest BCUT2D eigenvalue weighted by molar-refractivity contribution is 0.954. The molecule has 4 N–H and O–H groups in total. The van der Waals surface area contributed by atoms with Gasteiger partial charge in [0.25, 0.3) is 5.95 Å². The number of aromatic nitrogens is 2. The molecule has 0 aliphatic carbocycles. The van der Waals surface area contributed by atoms with Gasteiger partial charge in [-0.3, -0.25) is 0 Å². The van der Waals surface area contributed by atoms with Crippen molar-refractivity contribution >= 4 is 28.7 Å². The lowest BCUT2D eigenvalue weighted by Crippen LogP contribution is -2.26. The molecule has 0 saturated heterocycles. The monoisotopic (exact) mass is 226 g/mol. The van der Waals surface area contributed by atoms with Crippen LogP contribution in [0.3, 0.4) is 0 Å². The summed E-state index contributed by atoms with van der Waals surface area (Å²) in [6, 6.07) is 1.29. The van der Waals surface area contributed by atoms with Crippen LogP contribution in [0.5, 0.6) is 0 Å². The van der Waals surface area contributed by atoms with E-state index in [1.165, 1.54) is 0 Å². The van der Waals surface area contributed by atoms with Crippen LogP contribution in [0.2, 0.25) is 0 Å². The molecule has 0 aliphatic rings. The molecule has 0 spiro atoms. The molecule has 1 rings (SSSR count). The van der Waals surface area contributed by atoms with E-state index in [9.17, 15) is 0 Å². The Morgan fingerprint density at radius 1 is 1.47 bits per heavy atom. The molecule has 1 unspecified atom stereocenters. The van der Waals surface area contributed by atoms with Gasteiger partial charge in [0.05, 0.1) is 6.04 Å². The molecule has 0 bridgehead atoms.